The molecule has 0 aliphatic rings. The van der Waals surface area contributed by atoms with Crippen LogP contribution in [0.4, 0.5) is 5.69 Å². The smallest absolute Gasteiger partial charge is 0.209 e. The largest absolute Gasteiger partial charge is 0.354 e. The molecule has 3 rings (SSSR count). The number of hydrogen-bond donors (Lipinski definition) is 2. The first kappa shape index (κ1) is 16.9. The lowest BCUT2D eigenvalue weighted by Gasteiger charge is -2.12. The third-order valence-corrected chi connectivity index (χ3v) is 3.63. The summed E-state index contributed by atoms with van der Waals surface area (Å²) in [6, 6.07) is 19.7. The van der Waals surface area contributed by atoms with Gasteiger partial charge in [0.05, 0.1) is 23.0 Å². The van der Waals surface area contributed by atoms with Crippen LogP contribution in [0.25, 0.3) is 11.4 Å². The van der Waals surface area contributed by atoms with Gasteiger partial charge in [-0.1, -0.05) is 18.2 Å². The zero-order valence-corrected chi connectivity index (χ0v) is 13.8. The van der Waals surface area contributed by atoms with Crippen molar-refractivity contribution in [2.45, 2.75) is 0 Å². The normalized spacial score (nSPS) is 10.8. The van der Waals surface area contributed by atoms with E-state index in [1.165, 1.54) is 12.1 Å². The number of hydrogen-bond acceptors (Lipinski definition) is 5. The number of nitrogens with zero attached hydrogens (tertiary/aromatic N) is 3. The van der Waals surface area contributed by atoms with Crippen molar-refractivity contribution in [1.82, 2.24) is 9.78 Å². The molecule has 0 radical (unpaired) electrons. The highest BCUT2D eigenvalue weighted by atomic mass is 16.1. The highest BCUT2D eigenvalue weighted by Crippen LogP contribution is 2.15. The molecule has 0 saturated carbocycles. The molecule has 2 aromatic carbocycles. The van der Waals surface area contributed by atoms with Gasteiger partial charge in [0.25, 0.3) is 0 Å². The van der Waals surface area contributed by atoms with E-state index in [0.29, 0.717) is 11.3 Å². The van der Waals surface area contributed by atoms with Crippen LogP contribution in [0.5, 0.6) is 0 Å². The molecule has 6 heteroatoms. The third-order valence-electron chi connectivity index (χ3n) is 3.63. The average Bonchev–Trinajstić information content (AvgIpc) is 2.69. The maximum absolute atomic E-state index is 12.3. The van der Waals surface area contributed by atoms with Crippen LogP contribution in [0.15, 0.2) is 77.7 Å². The Kier molecular flexibility index (Phi) is 5.01. The lowest BCUT2D eigenvalue weighted by atomic mass is 10.2. The van der Waals surface area contributed by atoms with Crippen LogP contribution in [0.2, 0.25) is 0 Å². The Hall–Kier alpha value is -3.98. The monoisotopic (exact) mass is 341 g/mol. The van der Waals surface area contributed by atoms with Crippen LogP contribution in [-0.2, 0) is 0 Å². The quantitative estimate of drug-likeness (QED) is 0.697. The van der Waals surface area contributed by atoms with E-state index in [4.69, 9.17) is 10.7 Å². The maximum Gasteiger partial charge on any atom is 0.209 e. The molecule has 126 valence electrons. The Bertz CT molecular complexity index is 1040. The van der Waals surface area contributed by atoms with Gasteiger partial charge in [0.2, 0.25) is 5.43 Å². The standard InChI is InChI=1S/C20H15N5O/c21-12-10-18(23-16-4-2-1-3-5-16)20-19(26)11-13-25(24-20)17-8-6-15(14-22)7-9-17/h1-13,21,23H/b18-10-,21-12?. The van der Waals surface area contributed by atoms with Crippen molar-refractivity contribution in [3.05, 3.63) is 94.4 Å². The zero-order valence-electron chi connectivity index (χ0n) is 13.8. The van der Waals surface area contributed by atoms with E-state index in [1.807, 2.05) is 30.3 Å². The van der Waals surface area contributed by atoms with E-state index in [2.05, 4.69) is 16.5 Å². The van der Waals surface area contributed by atoms with Gasteiger partial charge in [0.1, 0.15) is 0 Å². The fraction of sp³-hybridized carbons (Fsp3) is 0. The number of nitrogens with one attached hydrogen (secondary N) is 2. The summed E-state index contributed by atoms with van der Waals surface area (Å²) in [5, 5.41) is 23.8. The molecule has 1 heterocycles. The van der Waals surface area contributed by atoms with E-state index >= 15 is 0 Å². The number of anilines is 1. The van der Waals surface area contributed by atoms with Crippen LogP contribution in [0.3, 0.4) is 0 Å². The minimum Gasteiger partial charge on any atom is -0.354 e. The first-order valence-electron chi connectivity index (χ1n) is 7.85. The van der Waals surface area contributed by atoms with Crippen molar-refractivity contribution >= 4 is 17.6 Å². The molecule has 26 heavy (non-hydrogen) atoms. The summed E-state index contributed by atoms with van der Waals surface area (Å²) in [4.78, 5) is 12.3. The third kappa shape index (κ3) is 3.74. The number of rotatable bonds is 5. The van der Waals surface area contributed by atoms with Crippen molar-refractivity contribution in [3.63, 3.8) is 0 Å². The topological polar surface area (TPSA) is 94.6 Å². The average molecular weight is 341 g/mol. The second-order valence-electron chi connectivity index (χ2n) is 5.37. The summed E-state index contributed by atoms with van der Waals surface area (Å²) in [5.41, 5.74) is 2.43. The van der Waals surface area contributed by atoms with Crippen molar-refractivity contribution in [1.29, 1.82) is 10.7 Å². The molecule has 6 nitrogen and oxygen atoms in total. The molecule has 0 aliphatic heterocycles. The van der Waals surface area contributed by atoms with Gasteiger partial charge in [-0.05, 0) is 42.5 Å². The Labute approximate surface area is 150 Å². The summed E-state index contributed by atoms with van der Waals surface area (Å²) >= 11 is 0. The van der Waals surface area contributed by atoms with Crippen LogP contribution in [-0.4, -0.2) is 16.0 Å². The Morgan fingerprint density at radius 3 is 2.50 bits per heavy atom. The van der Waals surface area contributed by atoms with E-state index in [-0.39, 0.29) is 11.1 Å². The SMILES string of the molecule is N#Cc1ccc(-n2ccc(=O)c(/C(=C/C=N)Nc3ccccc3)n2)cc1. The first-order valence-corrected chi connectivity index (χ1v) is 7.85. The summed E-state index contributed by atoms with van der Waals surface area (Å²) in [6.07, 6.45) is 4.16. The summed E-state index contributed by atoms with van der Waals surface area (Å²) in [7, 11) is 0. The minimum absolute atomic E-state index is 0.198. The van der Waals surface area contributed by atoms with Gasteiger partial charge in [-0.15, -0.1) is 0 Å². The van der Waals surface area contributed by atoms with Crippen LogP contribution in [0.1, 0.15) is 11.3 Å². The lowest BCUT2D eigenvalue weighted by Crippen LogP contribution is -2.18. The van der Waals surface area contributed by atoms with Gasteiger partial charge in [-0.3, -0.25) is 4.79 Å². The van der Waals surface area contributed by atoms with E-state index in [1.54, 1.807) is 35.1 Å². The van der Waals surface area contributed by atoms with Gasteiger partial charge < -0.3 is 10.7 Å². The Morgan fingerprint density at radius 2 is 1.85 bits per heavy atom. The van der Waals surface area contributed by atoms with Crippen molar-refractivity contribution in [3.8, 4) is 11.8 Å². The number of allylic oxidation sites excluding steroid dienone is 1. The fourth-order valence-corrected chi connectivity index (χ4v) is 2.37. The molecule has 2 N–H and O–H groups in total. The second-order valence-corrected chi connectivity index (χ2v) is 5.37. The van der Waals surface area contributed by atoms with E-state index in [0.717, 1.165) is 17.6 Å². The molecule has 0 saturated heterocycles. The maximum atomic E-state index is 12.3. The van der Waals surface area contributed by atoms with Crippen LogP contribution < -0.4 is 10.7 Å². The van der Waals surface area contributed by atoms with E-state index in [9.17, 15) is 4.79 Å². The molecule has 0 fully saturated rings. The summed E-state index contributed by atoms with van der Waals surface area (Å²) in [5.74, 6) is 0. The molecule has 0 atom stereocenters. The van der Waals surface area contributed by atoms with Crippen molar-refractivity contribution in [2.24, 2.45) is 0 Å². The Balaban J connectivity index is 2.02. The van der Waals surface area contributed by atoms with Gasteiger partial charge in [-0.2, -0.15) is 10.4 Å². The van der Waals surface area contributed by atoms with Crippen molar-refractivity contribution in [2.75, 3.05) is 5.32 Å². The minimum atomic E-state index is -0.258. The Morgan fingerprint density at radius 1 is 1.12 bits per heavy atom. The first-order chi connectivity index (χ1) is 12.7. The van der Waals surface area contributed by atoms with Crippen molar-refractivity contribution < 1.29 is 0 Å². The summed E-state index contributed by atoms with van der Waals surface area (Å²) in [6.45, 7) is 0. The number of nitriles is 1. The molecule has 0 spiro atoms. The molecule has 1 aromatic heterocycles. The van der Waals surface area contributed by atoms with Crippen LogP contribution in [0, 0.1) is 16.7 Å². The van der Waals surface area contributed by atoms with Crippen LogP contribution >= 0.6 is 0 Å². The molecular formula is C20H15N5O. The predicted molar refractivity (Wildman–Crippen MR) is 101 cm³/mol. The number of benzene rings is 2. The fourth-order valence-electron chi connectivity index (χ4n) is 2.37. The highest BCUT2D eigenvalue weighted by Gasteiger charge is 2.10. The molecule has 0 amide bonds. The van der Waals surface area contributed by atoms with Gasteiger partial charge in [0, 0.05) is 24.2 Å². The molecule has 3 aromatic rings. The molecular weight excluding hydrogens is 326 g/mol. The number of aromatic nitrogens is 2. The van der Waals surface area contributed by atoms with Gasteiger partial charge >= 0.3 is 0 Å². The highest BCUT2D eigenvalue weighted by molar-refractivity contribution is 5.86. The lowest BCUT2D eigenvalue weighted by molar-refractivity contribution is 0.825. The molecule has 0 bridgehead atoms. The number of para-hydroxylation sites is 1. The van der Waals surface area contributed by atoms with E-state index < -0.39 is 0 Å². The van der Waals surface area contributed by atoms with Gasteiger partial charge in [0.15, 0.2) is 5.69 Å². The van der Waals surface area contributed by atoms with Gasteiger partial charge in [-0.25, -0.2) is 4.68 Å². The summed E-state index contributed by atoms with van der Waals surface area (Å²) < 4.78 is 1.56. The second kappa shape index (κ2) is 7.73. The zero-order chi connectivity index (χ0) is 18.4. The predicted octanol–water partition coefficient (Wildman–Crippen LogP) is 3.21. The molecule has 0 aliphatic carbocycles. The molecule has 0 unspecified atom stereocenters.